The Morgan fingerprint density at radius 3 is 2.39 bits per heavy atom. The smallest absolute Gasteiger partial charge is 0.277 e. The van der Waals surface area contributed by atoms with Crippen LogP contribution in [-0.4, -0.2) is 24.9 Å². The second kappa shape index (κ2) is 8.33. The molecule has 0 heterocycles. The summed E-state index contributed by atoms with van der Waals surface area (Å²) in [5.41, 5.74) is 5.51. The molecule has 0 aliphatic carbocycles. The highest BCUT2D eigenvalue weighted by Gasteiger charge is 2.10. The molecule has 6 nitrogen and oxygen atoms in total. The van der Waals surface area contributed by atoms with Crippen LogP contribution in [0.1, 0.15) is 5.56 Å². The predicted molar refractivity (Wildman–Crippen MR) is 92.8 cm³/mol. The Morgan fingerprint density at radius 1 is 1.04 bits per heavy atom. The molecule has 1 amide bonds. The van der Waals surface area contributed by atoms with E-state index in [4.69, 9.17) is 0 Å². The summed E-state index contributed by atoms with van der Waals surface area (Å²) in [5.74, 6) is -0.392. The van der Waals surface area contributed by atoms with Gasteiger partial charge in [-0.2, -0.15) is 5.10 Å². The first kappa shape index (κ1) is 16.2. The molecule has 0 unspecified atom stereocenters. The lowest BCUT2D eigenvalue weighted by Crippen LogP contribution is -2.25. The third-order valence-electron chi connectivity index (χ3n) is 2.90. The molecule has 2 aromatic carbocycles. The highest BCUT2D eigenvalue weighted by Crippen LogP contribution is 2.09. The van der Waals surface area contributed by atoms with Crippen LogP contribution >= 0.6 is 0 Å². The van der Waals surface area contributed by atoms with Crippen molar-refractivity contribution < 1.29 is 9.63 Å². The minimum Gasteiger partial charge on any atom is -0.399 e. The molecule has 0 spiro atoms. The van der Waals surface area contributed by atoms with Crippen molar-refractivity contribution in [2.24, 2.45) is 10.3 Å². The Balaban J connectivity index is 2.12. The number of hydrogen-bond donors (Lipinski definition) is 2. The van der Waals surface area contributed by atoms with Crippen molar-refractivity contribution >= 4 is 29.2 Å². The van der Waals surface area contributed by atoms with E-state index < -0.39 is 5.91 Å². The first-order valence-corrected chi connectivity index (χ1v) is 7.02. The molecule has 0 fully saturated rings. The van der Waals surface area contributed by atoms with Crippen LogP contribution < -0.4 is 10.7 Å². The van der Waals surface area contributed by atoms with Crippen molar-refractivity contribution in [3.63, 3.8) is 0 Å². The number of para-hydroxylation sites is 1. The lowest BCUT2D eigenvalue weighted by molar-refractivity contribution is -0.110. The number of anilines is 2. The summed E-state index contributed by atoms with van der Waals surface area (Å²) < 4.78 is 0. The zero-order chi connectivity index (χ0) is 16.5. The second-order valence-corrected chi connectivity index (χ2v) is 4.71. The van der Waals surface area contributed by atoms with Crippen LogP contribution in [-0.2, 0) is 9.63 Å². The second-order valence-electron chi connectivity index (χ2n) is 4.71. The van der Waals surface area contributed by atoms with Crippen LogP contribution in [0.25, 0.3) is 0 Å². The van der Waals surface area contributed by atoms with Gasteiger partial charge in [-0.05, 0) is 31.2 Å². The first-order chi connectivity index (χ1) is 11.2. The van der Waals surface area contributed by atoms with Crippen LogP contribution in [0.5, 0.6) is 0 Å². The Morgan fingerprint density at radius 2 is 1.74 bits per heavy atom. The topological polar surface area (TPSA) is 75.1 Å². The zero-order valence-electron chi connectivity index (χ0n) is 13.0. The molecule has 0 atom stereocenters. The van der Waals surface area contributed by atoms with Crippen LogP contribution in [0.3, 0.4) is 0 Å². The minimum atomic E-state index is -0.392. The maximum Gasteiger partial charge on any atom is 0.277 e. The van der Waals surface area contributed by atoms with Crippen molar-refractivity contribution in [1.29, 1.82) is 0 Å². The number of rotatable bonds is 6. The average Bonchev–Trinajstić information content (AvgIpc) is 2.57. The number of carbonyl (C=O) groups excluding carboxylic acids is 1. The van der Waals surface area contributed by atoms with Gasteiger partial charge in [0.05, 0.1) is 11.9 Å². The molecular weight excluding hydrogens is 292 g/mol. The summed E-state index contributed by atoms with van der Waals surface area (Å²) >= 11 is 0. The van der Waals surface area contributed by atoms with Crippen LogP contribution in [0.4, 0.5) is 11.4 Å². The van der Waals surface area contributed by atoms with E-state index in [-0.39, 0.29) is 5.71 Å². The van der Waals surface area contributed by atoms with Crippen molar-refractivity contribution in [2.45, 2.75) is 6.92 Å². The fourth-order valence-electron chi connectivity index (χ4n) is 1.71. The lowest BCUT2D eigenvalue weighted by atomic mass is 10.2. The van der Waals surface area contributed by atoms with E-state index in [1.165, 1.54) is 13.3 Å². The average molecular weight is 310 g/mol. The molecule has 23 heavy (non-hydrogen) atoms. The van der Waals surface area contributed by atoms with E-state index in [1.807, 2.05) is 49.4 Å². The summed E-state index contributed by atoms with van der Waals surface area (Å²) in [7, 11) is 1.40. The Labute approximate surface area is 134 Å². The van der Waals surface area contributed by atoms with Gasteiger partial charge in [0.25, 0.3) is 5.91 Å². The largest absolute Gasteiger partial charge is 0.399 e. The number of hydrazone groups is 1. The van der Waals surface area contributed by atoms with Gasteiger partial charge >= 0.3 is 0 Å². The Hall–Kier alpha value is -3.15. The van der Waals surface area contributed by atoms with Crippen LogP contribution in [0, 0.1) is 6.92 Å². The van der Waals surface area contributed by atoms with Crippen molar-refractivity contribution in [3.8, 4) is 0 Å². The van der Waals surface area contributed by atoms with Gasteiger partial charge in [0, 0.05) is 5.69 Å². The van der Waals surface area contributed by atoms with E-state index in [2.05, 4.69) is 25.8 Å². The fourth-order valence-corrected chi connectivity index (χ4v) is 1.71. The SMILES string of the molecule is CON=CC(=NNc1ccc(C)cc1)C(=O)Nc1ccccc1. The Kier molecular flexibility index (Phi) is 5.88. The first-order valence-electron chi connectivity index (χ1n) is 7.02. The fraction of sp³-hybridized carbons (Fsp3) is 0.118. The molecule has 0 aromatic heterocycles. The van der Waals surface area contributed by atoms with E-state index >= 15 is 0 Å². The van der Waals surface area contributed by atoms with Crippen molar-refractivity contribution in [2.75, 3.05) is 17.9 Å². The van der Waals surface area contributed by atoms with Crippen molar-refractivity contribution in [3.05, 3.63) is 60.2 Å². The van der Waals surface area contributed by atoms with Crippen molar-refractivity contribution in [1.82, 2.24) is 0 Å². The molecule has 2 rings (SSSR count). The monoisotopic (exact) mass is 310 g/mol. The number of benzene rings is 2. The van der Waals surface area contributed by atoms with Gasteiger partial charge in [0.15, 0.2) is 5.71 Å². The molecule has 2 N–H and O–H groups in total. The number of aryl methyl sites for hydroxylation is 1. The minimum absolute atomic E-state index is 0.0938. The van der Waals surface area contributed by atoms with Crippen LogP contribution in [0.15, 0.2) is 64.9 Å². The lowest BCUT2D eigenvalue weighted by Gasteiger charge is -2.06. The van der Waals surface area contributed by atoms with Crippen LogP contribution in [0.2, 0.25) is 0 Å². The molecule has 0 aliphatic rings. The molecular formula is C17H18N4O2. The maximum absolute atomic E-state index is 12.3. The summed E-state index contributed by atoms with van der Waals surface area (Å²) in [5, 5.41) is 10.4. The molecule has 2 aromatic rings. The number of nitrogens with zero attached hydrogens (tertiary/aromatic N) is 2. The molecule has 6 heteroatoms. The maximum atomic E-state index is 12.3. The number of hydrogen-bond acceptors (Lipinski definition) is 5. The number of oxime groups is 1. The van der Waals surface area contributed by atoms with E-state index in [9.17, 15) is 4.79 Å². The number of nitrogens with one attached hydrogen (secondary N) is 2. The molecule has 0 radical (unpaired) electrons. The van der Waals surface area contributed by atoms with Gasteiger partial charge in [-0.3, -0.25) is 10.2 Å². The quantitative estimate of drug-likeness (QED) is 0.636. The summed E-state index contributed by atoms with van der Waals surface area (Å²) in [6.45, 7) is 2.00. The normalized spacial score (nSPS) is 11.3. The van der Waals surface area contributed by atoms with E-state index in [0.717, 1.165) is 11.3 Å². The number of carbonyl (C=O) groups is 1. The van der Waals surface area contributed by atoms with E-state index in [0.29, 0.717) is 5.69 Å². The summed E-state index contributed by atoms with van der Waals surface area (Å²) in [6.07, 6.45) is 1.25. The van der Waals surface area contributed by atoms with Gasteiger partial charge in [-0.1, -0.05) is 41.1 Å². The van der Waals surface area contributed by atoms with Gasteiger partial charge in [0.1, 0.15) is 7.11 Å². The third-order valence-corrected chi connectivity index (χ3v) is 2.90. The summed E-state index contributed by atoms with van der Waals surface area (Å²) in [4.78, 5) is 16.9. The molecule has 0 bridgehead atoms. The summed E-state index contributed by atoms with van der Waals surface area (Å²) in [6, 6.07) is 16.8. The highest BCUT2D eigenvalue weighted by molar-refractivity contribution is 6.63. The molecule has 0 saturated carbocycles. The molecule has 0 saturated heterocycles. The van der Waals surface area contributed by atoms with Gasteiger partial charge < -0.3 is 10.2 Å². The van der Waals surface area contributed by atoms with Gasteiger partial charge in [0.2, 0.25) is 0 Å². The highest BCUT2D eigenvalue weighted by atomic mass is 16.6. The van der Waals surface area contributed by atoms with E-state index in [1.54, 1.807) is 12.1 Å². The standard InChI is InChI=1S/C17H18N4O2/c1-13-8-10-15(11-9-13)20-21-16(12-18-23-2)17(22)19-14-6-4-3-5-7-14/h3-12,20H,1-2H3,(H,19,22). The van der Waals surface area contributed by atoms with Gasteiger partial charge in [-0.25, -0.2) is 0 Å². The Bertz CT molecular complexity index is 694. The predicted octanol–water partition coefficient (Wildman–Crippen LogP) is 3.03. The van der Waals surface area contributed by atoms with Gasteiger partial charge in [-0.15, -0.1) is 0 Å². The molecule has 118 valence electrons. The third kappa shape index (κ3) is 5.28. The molecule has 0 aliphatic heterocycles. The zero-order valence-corrected chi connectivity index (χ0v) is 13.0. The number of amides is 1.